The van der Waals surface area contributed by atoms with Crippen molar-refractivity contribution in [1.82, 2.24) is 5.32 Å². The first kappa shape index (κ1) is 18.4. The first-order chi connectivity index (χ1) is 12.5. The Labute approximate surface area is 162 Å². The number of carbonyl (C=O) groups excluding carboxylic acids is 1. The predicted octanol–water partition coefficient (Wildman–Crippen LogP) is 3.88. The molecule has 0 fully saturated rings. The highest BCUT2D eigenvalue weighted by Gasteiger charge is 2.24. The van der Waals surface area contributed by atoms with Crippen LogP contribution < -0.4 is 15.4 Å². The average molecular weight is 386 g/mol. The average Bonchev–Trinajstić information content (AvgIpc) is 2.97. The van der Waals surface area contributed by atoms with Gasteiger partial charge in [-0.3, -0.25) is 10.1 Å². The van der Waals surface area contributed by atoms with Crippen LogP contribution >= 0.6 is 23.6 Å². The third-order valence-electron chi connectivity index (χ3n) is 4.43. The Morgan fingerprint density at radius 2 is 2.12 bits per heavy atom. The Morgan fingerprint density at radius 3 is 2.77 bits per heavy atom. The lowest BCUT2D eigenvalue weighted by Gasteiger charge is -2.17. The fourth-order valence-electron chi connectivity index (χ4n) is 3.01. The normalized spacial score (nSPS) is 15.5. The van der Waals surface area contributed by atoms with Gasteiger partial charge < -0.3 is 10.1 Å². The molecule has 1 atom stereocenters. The fourth-order valence-corrected chi connectivity index (χ4v) is 4.63. The number of thiocarbonyl (C=S) groups is 1. The Balaban J connectivity index is 1.70. The van der Waals surface area contributed by atoms with Gasteiger partial charge in [-0.15, -0.1) is 11.3 Å². The van der Waals surface area contributed by atoms with Gasteiger partial charge in [-0.05, 0) is 67.2 Å². The number of ether oxygens (including phenoxy) is 1. The number of nitrogens with one attached hydrogen (secondary N) is 2. The topological polar surface area (TPSA) is 74.2 Å². The lowest BCUT2D eigenvalue weighted by atomic mass is 9.89. The van der Waals surface area contributed by atoms with E-state index in [1.807, 2.05) is 0 Å². The summed E-state index contributed by atoms with van der Waals surface area (Å²) in [5.74, 6) is 1.00. The maximum Gasteiger partial charge on any atom is 0.257 e. The van der Waals surface area contributed by atoms with Crippen LogP contribution in [0.4, 0.5) is 5.00 Å². The van der Waals surface area contributed by atoms with Crippen LogP contribution in [0.2, 0.25) is 0 Å². The molecule has 0 saturated carbocycles. The van der Waals surface area contributed by atoms with Gasteiger partial charge in [-0.1, -0.05) is 6.92 Å². The second-order valence-electron chi connectivity index (χ2n) is 6.30. The molecule has 1 aliphatic rings. The minimum atomic E-state index is -0.307. The molecule has 0 bridgehead atoms. The first-order valence-corrected chi connectivity index (χ1v) is 9.55. The molecule has 0 aliphatic heterocycles. The van der Waals surface area contributed by atoms with Crippen molar-refractivity contribution in [3.63, 3.8) is 0 Å². The van der Waals surface area contributed by atoms with Gasteiger partial charge in [-0.25, -0.2) is 0 Å². The largest absolute Gasteiger partial charge is 0.497 e. The third-order valence-corrected chi connectivity index (χ3v) is 5.80. The Bertz CT molecular complexity index is 881. The van der Waals surface area contributed by atoms with E-state index in [1.165, 1.54) is 4.88 Å². The van der Waals surface area contributed by atoms with Crippen molar-refractivity contribution < 1.29 is 9.53 Å². The molecule has 1 aliphatic carbocycles. The van der Waals surface area contributed by atoms with Crippen LogP contribution in [0.5, 0.6) is 5.75 Å². The van der Waals surface area contributed by atoms with Crippen molar-refractivity contribution in [2.45, 2.75) is 26.2 Å². The molecule has 2 N–H and O–H groups in total. The molecular formula is C19H19N3O2S2. The van der Waals surface area contributed by atoms with Gasteiger partial charge in [0, 0.05) is 10.4 Å². The number of anilines is 1. The minimum Gasteiger partial charge on any atom is -0.497 e. The zero-order valence-corrected chi connectivity index (χ0v) is 16.2. The van der Waals surface area contributed by atoms with E-state index in [9.17, 15) is 10.1 Å². The number of rotatable bonds is 3. The van der Waals surface area contributed by atoms with Gasteiger partial charge in [0.15, 0.2) is 5.11 Å². The molecule has 0 radical (unpaired) electrons. The number of methoxy groups -OCH3 is 1. The van der Waals surface area contributed by atoms with E-state index >= 15 is 0 Å². The van der Waals surface area contributed by atoms with Crippen molar-refractivity contribution in [3.05, 3.63) is 45.8 Å². The zero-order chi connectivity index (χ0) is 18.7. The van der Waals surface area contributed by atoms with Crippen LogP contribution in [0.15, 0.2) is 24.3 Å². The summed E-state index contributed by atoms with van der Waals surface area (Å²) in [5.41, 5.74) is 2.26. The van der Waals surface area contributed by atoms with E-state index in [1.54, 1.807) is 42.7 Å². The number of nitriles is 1. The molecule has 7 heteroatoms. The molecule has 0 saturated heterocycles. The van der Waals surface area contributed by atoms with Gasteiger partial charge in [0.2, 0.25) is 0 Å². The van der Waals surface area contributed by atoms with E-state index in [0.717, 1.165) is 24.8 Å². The van der Waals surface area contributed by atoms with E-state index in [0.29, 0.717) is 27.8 Å². The maximum atomic E-state index is 12.3. The molecule has 5 nitrogen and oxygen atoms in total. The van der Waals surface area contributed by atoms with Crippen LogP contribution in [0.25, 0.3) is 0 Å². The van der Waals surface area contributed by atoms with Crippen LogP contribution in [0.3, 0.4) is 0 Å². The summed E-state index contributed by atoms with van der Waals surface area (Å²) in [6.45, 7) is 2.22. The highest BCUT2D eigenvalue weighted by Crippen LogP contribution is 2.39. The minimum absolute atomic E-state index is 0.189. The highest BCUT2D eigenvalue weighted by molar-refractivity contribution is 7.80. The molecule has 3 rings (SSSR count). The number of hydrogen-bond acceptors (Lipinski definition) is 5. The van der Waals surface area contributed by atoms with Gasteiger partial charge in [-0.2, -0.15) is 5.26 Å². The first-order valence-electron chi connectivity index (χ1n) is 8.32. The van der Waals surface area contributed by atoms with E-state index in [4.69, 9.17) is 17.0 Å². The molecule has 1 heterocycles. The lowest BCUT2D eigenvalue weighted by molar-refractivity contribution is 0.0977. The van der Waals surface area contributed by atoms with Crippen molar-refractivity contribution in [2.24, 2.45) is 5.92 Å². The summed E-state index contributed by atoms with van der Waals surface area (Å²) in [5, 5.41) is 16.1. The van der Waals surface area contributed by atoms with Crippen LogP contribution in [-0.2, 0) is 12.8 Å². The molecule has 1 amide bonds. The standard InChI is InChI=1S/C19H19N3O2S2/c1-11-3-8-14-15(10-20)18(26-16(14)9-11)22-19(25)21-17(23)12-4-6-13(24-2)7-5-12/h4-7,11H,3,8-9H2,1-2H3,(H2,21,22,23,25)/t11-/m1/s1. The Kier molecular flexibility index (Phi) is 5.55. The number of carbonyl (C=O) groups is 1. The number of benzene rings is 1. The molecule has 2 aromatic rings. The number of hydrogen-bond donors (Lipinski definition) is 2. The van der Waals surface area contributed by atoms with Crippen LogP contribution in [-0.4, -0.2) is 18.1 Å². The fraction of sp³-hybridized carbons (Fsp3) is 0.316. The lowest BCUT2D eigenvalue weighted by Crippen LogP contribution is -2.34. The van der Waals surface area contributed by atoms with Crippen LogP contribution in [0.1, 0.15) is 39.7 Å². The van der Waals surface area contributed by atoms with Gasteiger partial charge in [0.25, 0.3) is 5.91 Å². The van der Waals surface area contributed by atoms with E-state index < -0.39 is 0 Å². The van der Waals surface area contributed by atoms with Crippen molar-refractivity contribution in [2.75, 3.05) is 12.4 Å². The second kappa shape index (κ2) is 7.85. The Morgan fingerprint density at radius 1 is 1.38 bits per heavy atom. The third kappa shape index (κ3) is 3.87. The van der Waals surface area contributed by atoms with Crippen molar-refractivity contribution >= 4 is 39.6 Å². The zero-order valence-electron chi connectivity index (χ0n) is 14.6. The highest BCUT2D eigenvalue weighted by atomic mass is 32.1. The number of nitrogens with zero attached hydrogens (tertiary/aromatic N) is 1. The number of fused-ring (bicyclic) bond motifs is 1. The summed E-state index contributed by atoms with van der Waals surface area (Å²) in [4.78, 5) is 13.5. The molecule has 26 heavy (non-hydrogen) atoms. The number of thiophene rings is 1. The quantitative estimate of drug-likeness (QED) is 0.785. The summed E-state index contributed by atoms with van der Waals surface area (Å²) in [6, 6.07) is 9.05. The molecule has 0 spiro atoms. The van der Waals surface area contributed by atoms with Crippen molar-refractivity contribution in [1.29, 1.82) is 5.26 Å². The van der Waals surface area contributed by atoms with Gasteiger partial charge in [0.1, 0.15) is 16.8 Å². The summed E-state index contributed by atoms with van der Waals surface area (Å²) in [7, 11) is 1.57. The van der Waals surface area contributed by atoms with Crippen molar-refractivity contribution in [3.8, 4) is 11.8 Å². The molecule has 1 aromatic carbocycles. The van der Waals surface area contributed by atoms with Gasteiger partial charge >= 0.3 is 0 Å². The van der Waals surface area contributed by atoms with E-state index in [-0.39, 0.29) is 11.0 Å². The van der Waals surface area contributed by atoms with Crippen LogP contribution in [0, 0.1) is 17.2 Å². The monoisotopic (exact) mass is 385 g/mol. The molecule has 1 aromatic heterocycles. The SMILES string of the molecule is COc1ccc(C(=O)NC(=S)Nc2sc3c(c2C#N)CC[C@@H](C)C3)cc1. The predicted molar refractivity (Wildman–Crippen MR) is 107 cm³/mol. The van der Waals surface area contributed by atoms with E-state index in [2.05, 4.69) is 23.6 Å². The summed E-state index contributed by atoms with van der Waals surface area (Å²) < 4.78 is 5.08. The Hall–Kier alpha value is -2.43. The second-order valence-corrected chi connectivity index (χ2v) is 7.82. The van der Waals surface area contributed by atoms with Gasteiger partial charge in [0.05, 0.1) is 12.7 Å². The summed E-state index contributed by atoms with van der Waals surface area (Å²) >= 11 is 6.82. The molecule has 134 valence electrons. The maximum absolute atomic E-state index is 12.3. The number of amides is 1. The molecule has 0 unspecified atom stereocenters. The smallest absolute Gasteiger partial charge is 0.257 e. The molecular weight excluding hydrogens is 366 g/mol. The summed E-state index contributed by atoms with van der Waals surface area (Å²) in [6.07, 6.45) is 3.00.